The highest BCUT2D eigenvalue weighted by Crippen LogP contribution is 2.11. The van der Waals surface area contributed by atoms with Crippen LogP contribution in [0.1, 0.15) is 38.4 Å². The molecule has 1 rings (SSSR count). The fraction of sp³-hybridized carbons (Fsp3) is 0.700. The SMILES string of the molecule is CCc1nc(CNC(C)(C)C)cs1. The summed E-state index contributed by atoms with van der Waals surface area (Å²) in [7, 11) is 0. The number of aromatic nitrogens is 1. The Hall–Kier alpha value is -0.410. The van der Waals surface area contributed by atoms with Gasteiger partial charge in [-0.05, 0) is 27.2 Å². The standard InChI is InChI=1S/C10H18N2S/c1-5-9-12-8(7-13-9)6-11-10(2,3)4/h7,11H,5-6H2,1-4H3. The summed E-state index contributed by atoms with van der Waals surface area (Å²) in [5.74, 6) is 0. The highest BCUT2D eigenvalue weighted by Gasteiger charge is 2.09. The van der Waals surface area contributed by atoms with Crippen LogP contribution < -0.4 is 5.32 Å². The summed E-state index contributed by atoms with van der Waals surface area (Å²) < 4.78 is 0. The molecule has 1 heterocycles. The molecule has 1 N–H and O–H groups in total. The van der Waals surface area contributed by atoms with E-state index < -0.39 is 0 Å². The molecule has 1 aromatic heterocycles. The van der Waals surface area contributed by atoms with E-state index in [1.54, 1.807) is 11.3 Å². The Bertz CT molecular complexity index is 260. The molecule has 0 saturated heterocycles. The summed E-state index contributed by atoms with van der Waals surface area (Å²) in [5.41, 5.74) is 1.34. The first-order valence-corrected chi connectivity index (χ1v) is 5.57. The van der Waals surface area contributed by atoms with Crippen molar-refractivity contribution < 1.29 is 0 Å². The van der Waals surface area contributed by atoms with Gasteiger partial charge in [0, 0.05) is 17.5 Å². The Labute approximate surface area is 84.4 Å². The maximum Gasteiger partial charge on any atom is 0.0926 e. The van der Waals surface area contributed by atoms with Gasteiger partial charge in [-0.3, -0.25) is 0 Å². The van der Waals surface area contributed by atoms with Gasteiger partial charge in [-0.2, -0.15) is 0 Å². The number of hydrogen-bond acceptors (Lipinski definition) is 3. The molecule has 0 atom stereocenters. The number of nitrogens with one attached hydrogen (secondary N) is 1. The van der Waals surface area contributed by atoms with E-state index in [2.05, 4.69) is 43.4 Å². The minimum atomic E-state index is 0.177. The average molecular weight is 198 g/mol. The van der Waals surface area contributed by atoms with E-state index in [1.807, 2.05) is 0 Å². The largest absolute Gasteiger partial charge is 0.306 e. The minimum Gasteiger partial charge on any atom is -0.306 e. The number of aryl methyl sites for hydroxylation is 1. The molecule has 0 radical (unpaired) electrons. The van der Waals surface area contributed by atoms with Crippen LogP contribution in [0, 0.1) is 0 Å². The van der Waals surface area contributed by atoms with E-state index in [9.17, 15) is 0 Å². The van der Waals surface area contributed by atoms with E-state index in [0.717, 1.165) is 18.7 Å². The fourth-order valence-electron chi connectivity index (χ4n) is 0.948. The van der Waals surface area contributed by atoms with E-state index in [1.165, 1.54) is 5.01 Å². The summed E-state index contributed by atoms with van der Waals surface area (Å²) in [6, 6.07) is 0. The van der Waals surface area contributed by atoms with Crippen molar-refractivity contribution >= 4 is 11.3 Å². The maximum absolute atomic E-state index is 4.49. The Morgan fingerprint density at radius 1 is 1.46 bits per heavy atom. The second-order valence-electron chi connectivity index (χ2n) is 4.19. The first-order valence-electron chi connectivity index (χ1n) is 4.69. The molecule has 0 aromatic carbocycles. The van der Waals surface area contributed by atoms with E-state index >= 15 is 0 Å². The van der Waals surface area contributed by atoms with Gasteiger partial charge < -0.3 is 5.32 Å². The van der Waals surface area contributed by atoms with Crippen molar-refractivity contribution in [1.82, 2.24) is 10.3 Å². The number of nitrogens with zero attached hydrogens (tertiary/aromatic N) is 1. The lowest BCUT2D eigenvalue weighted by Crippen LogP contribution is -2.35. The Kier molecular flexibility index (Phi) is 3.45. The summed E-state index contributed by atoms with van der Waals surface area (Å²) >= 11 is 1.75. The Morgan fingerprint density at radius 2 is 2.15 bits per heavy atom. The molecule has 0 fully saturated rings. The highest BCUT2D eigenvalue weighted by atomic mass is 32.1. The number of hydrogen-bond donors (Lipinski definition) is 1. The van der Waals surface area contributed by atoms with Gasteiger partial charge in [0.05, 0.1) is 10.7 Å². The molecular formula is C10H18N2S. The van der Waals surface area contributed by atoms with Crippen LogP contribution in [-0.4, -0.2) is 10.5 Å². The van der Waals surface area contributed by atoms with Crippen LogP contribution in [-0.2, 0) is 13.0 Å². The quantitative estimate of drug-likeness (QED) is 0.807. The molecule has 3 heteroatoms. The fourth-order valence-corrected chi connectivity index (χ4v) is 1.69. The molecule has 0 aliphatic heterocycles. The highest BCUT2D eigenvalue weighted by molar-refractivity contribution is 7.09. The predicted octanol–water partition coefficient (Wildman–Crippen LogP) is 2.59. The molecule has 13 heavy (non-hydrogen) atoms. The van der Waals surface area contributed by atoms with Crippen molar-refractivity contribution in [2.24, 2.45) is 0 Å². The van der Waals surface area contributed by atoms with Crippen LogP contribution in [0.4, 0.5) is 0 Å². The van der Waals surface area contributed by atoms with Crippen LogP contribution in [0.2, 0.25) is 0 Å². The topological polar surface area (TPSA) is 24.9 Å². The second-order valence-corrected chi connectivity index (χ2v) is 5.13. The second kappa shape index (κ2) is 4.20. The van der Waals surface area contributed by atoms with Gasteiger partial charge in [-0.25, -0.2) is 4.98 Å². The average Bonchev–Trinajstić information content (AvgIpc) is 2.47. The van der Waals surface area contributed by atoms with Crippen LogP contribution >= 0.6 is 11.3 Å². The van der Waals surface area contributed by atoms with Gasteiger partial charge in [0.25, 0.3) is 0 Å². The van der Waals surface area contributed by atoms with Crippen LogP contribution in [0.25, 0.3) is 0 Å². The number of rotatable bonds is 3. The van der Waals surface area contributed by atoms with Crippen LogP contribution in [0.15, 0.2) is 5.38 Å². The molecule has 0 amide bonds. The lowest BCUT2D eigenvalue weighted by molar-refractivity contribution is 0.421. The predicted molar refractivity (Wildman–Crippen MR) is 58.1 cm³/mol. The zero-order chi connectivity index (χ0) is 9.90. The summed E-state index contributed by atoms with van der Waals surface area (Å²) in [6.45, 7) is 9.51. The first kappa shape index (κ1) is 10.7. The zero-order valence-electron chi connectivity index (χ0n) is 8.85. The molecule has 0 spiro atoms. The molecule has 0 unspecified atom stereocenters. The molecule has 74 valence electrons. The van der Waals surface area contributed by atoms with Gasteiger partial charge >= 0.3 is 0 Å². The normalized spacial score (nSPS) is 12.0. The summed E-state index contributed by atoms with van der Waals surface area (Å²) in [4.78, 5) is 4.49. The van der Waals surface area contributed by atoms with Crippen molar-refractivity contribution in [3.05, 3.63) is 16.1 Å². The third-order valence-corrected chi connectivity index (χ3v) is 2.74. The minimum absolute atomic E-state index is 0.177. The molecular weight excluding hydrogens is 180 g/mol. The van der Waals surface area contributed by atoms with Gasteiger partial charge in [-0.15, -0.1) is 11.3 Å². The Balaban J connectivity index is 2.46. The van der Waals surface area contributed by atoms with Crippen molar-refractivity contribution in [3.8, 4) is 0 Å². The van der Waals surface area contributed by atoms with Gasteiger partial charge in [0.2, 0.25) is 0 Å². The van der Waals surface area contributed by atoms with Gasteiger partial charge in [0.15, 0.2) is 0 Å². The van der Waals surface area contributed by atoms with Crippen molar-refractivity contribution in [2.45, 2.75) is 46.2 Å². The third kappa shape index (κ3) is 3.87. The van der Waals surface area contributed by atoms with Crippen LogP contribution in [0.3, 0.4) is 0 Å². The molecule has 0 aliphatic rings. The van der Waals surface area contributed by atoms with Gasteiger partial charge in [-0.1, -0.05) is 6.92 Å². The van der Waals surface area contributed by atoms with Crippen molar-refractivity contribution in [3.63, 3.8) is 0 Å². The zero-order valence-corrected chi connectivity index (χ0v) is 9.66. The molecule has 0 saturated carbocycles. The summed E-state index contributed by atoms with van der Waals surface area (Å²) in [5, 5.41) is 6.78. The lowest BCUT2D eigenvalue weighted by atomic mass is 10.1. The van der Waals surface area contributed by atoms with Crippen molar-refractivity contribution in [1.29, 1.82) is 0 Å². The van der Waals surface area contributed by atoms with Crippen molar-refractivity contribution in [2.75, 3.05) is 0 Å². The molecule has 2 nitrogen and oxygen atoms in total. The lowest BCUT2D eigenvalue weighted by Gasteiger charge is -2.19. The Morgan fingerprint density at radius 3 is 2.62 bits per heavy atom. The monoisotopic (exact) mass is 198 g/mol. The molecule has 0 aliphatic carbocycles. The van der Waals surface area contributed by atoms with E-state index in [-0.39, 0.29) is 5.54 Å². The summed E-state index contributed by atoms with van der Waals surface area (Å²) in [6.07, 6.45) is 1.04. The first-order chi connectivity index (χ1) is 6.01. The smallest absolute Gasteiger partial charge is 0.0926 e. The van der Waals surface area contributed by atoms with Crippen LogP contribution in [0.5, 0.6) is 0 Å². The number of thiazole rings is 1. The van der Waals surface area contributed by atoms with Gasteiger partial charge in [0.1, 0.15) is 0 Å². The maximum atomic E-state index is 4.49. The van der Waals surface area contributed by atoms with E-state index in [0.29, 0.717) is 0 Å². The molecule has 0 bridgehead atoms. The third-order valence-electron chi connectivity index (χ3n) is 1.70. The molecule has 1 aromatic rings. The van der Waals surface area contributed by atoms with E-state index in [4.69, 9.17) is 0 Å².